The average molecular weight is 326 g/mol. The zero-order valence-corrected chi connectivity index (χ0v) is 10.8. The maximum atomic E-state index is 13.0. The van der Waals surface area contributed by atoms with Crippen molar-refractivity contribution in [2.75, 3.05) is 12.3 Å². The molecule has 9 heteroatoms. The van der Waals surface area contributed by atoms with Crippen LogP contribution in [0.25, 0.3) is 0 Å². The van der Waals surface area contributed by atoms with Crippen LogP contribution in [0, 0.1) is 5.82 Å². The van der Waals surface area contributed by atoms with Gasteiger partial charge in [-0.2, -0.15) is 0 Å². The molecule has 0 aromatic heterocycles. The van der Waals surface area contributed by atoms with E-state index in [2.05, 4.69) is 15.9 Å². The lowest BCUT2D eigenvalue weighted by Crippen LogP contribution is -2.33. The van der Waals surface area contributed by atoms with E-state index in [1.807, 2.05) is 4.72 Å². The molecule has 0 heterocycles. The lowest BCUT2D eigenvalue weighted by atomic mass is 10.3. The fraction of sp³-hybridized carbons (Fsp3) is 0.125. The third-order valence-electron chi connectivity index (χ3n) is 1.78. The van der Waals surface area contributed by atoms with Crippen LogP contribution in [0.3, 0.4) is 0 Å². The van der Waals surface area contributed by atoms with E-state index >= 15 is 0 Å². The number of amides is 1. The van der Waals surface area contributed by atoms with Crippen LogP contribution in [0.2, 0.25) is 0 Å². The smallest absolute Gasteiger partial charge is 0.243 e. The molecule has 0 spiro atoms. The molecule has 94 valence electrons. The number of carbonyl (C=O) groups is 1. The number of hydrogen-bond donors (Lipinski definition) is 3. The molecular weight excluding hydrogens is 317 g/mol. The highest BCUT2D eigenvalue weighted by atomic mass is 79.9. The summed E-state index contributed by atoms with van der Waals surface area (Å²) in [5.74, 6) is -1.52. The van der Waals surface area contributed by atoms with Crippen molar-refractivity contribution in [2.45, 2.75) is 4.90 Å². The predicted octanol–water partition coefficient (Wildman–Crippen LogP) is -0.0660. The average Bonchev–Trinajstić information content (AvgIpc) is 2.20. The van der Waals surface area contributed by atoms with E-state index in [0.29, 0.717) is 0 Å². The number of primary amides is 1. The van der Waals surface area contributed by atoms with Crippen molar-refractivity contribution in [1.82, 2.24) is 4.72 Å². The minimum absolute atomic E-state index is 0.0499. The Morgan fingerprint density at radius 2 is 2.06 bits per heavy atom. The number of carbonyl (C=O) groups excluding carboxylic acids is 1. The van der Waals surface area contributed by atoms with Crippen molar-refractivity contribution in [3.63, 3.8) is 0 Å². The maximum absolute atomic E-state index is 13.0. The van der Waals surface area contributed by atoms with Crippen LogP contribution in [0.5, 0.6) is 0 Å². The highest BCUT2D eigenvalue weighted by Gasteiger charge is 2.19. The van der Waals surface area contributed by atoms with E-state index < -0.39 is 28.3 Å². The van der Waals surface area contributed by atoms with Gasteiger partial charge in [0.25, 0.3) is 0 Å². The Balaban J connectivity index is 3.15. The van der Waals surface area contributed by atoms with E-state index in [1.54, 1.807) is 0 Å². The summed E-state index contributed by atoms with van der Waals surface area (Å²) in [5, 5.41) is 0. The number of anilines is 1. The molecule has 0 atom stereocenters. The quantitative estimate of drug-likeness (QED) is 0.672. The monoisotopic (exact) mass is 325 g/mol. The van der Waals surface area contributed by atoms with Crippen molar-refractivity contribution in [1.29, 1.82) is 0 Å². The van der Waals surface area contributed by atoms with Crippen molar-refractivity contribution in [3.8, 4) is 0 Å². The van der Waals surface area contributed by atoms with E-state index in [0.717, 1.165) is 12.1 Å². The number of hydrogen-bond acceptors (Lipinski definition) is 4. The summed E-state index contributed by atoms with van der Waals surface area (Å²) in [7, 11) is -4.00. The van der Waals surface area contributed by atoms with Crippen LogP contribution in [0.1, 0.15) is 0 Å². The van der Waals surface area contributed by atoms with Gasteiger partial charge in [-0.1, -0.05) is 0 Å². The zero-order valence-electron chi connectivity index (χ0n) is 8.41. The Labute approximate surface area is 105 Å². The van der Waals surface area contributed by atoms with Gasteiger partial charge in [-0.25, -0.2) is 17.5 Å². The van der Waals surface area contributed by atoms with Crippen molar-refractivity contribution < 1.29 is 17.6 Å². The van der Waals surface area contributed by atoms with E-state index in [-0.39, 0.29) is 15.1 Å². The Morgan fingerprint density at radius 3 is 2.59 bits per heavy atom. The van der Waals surface area contributed by atoms with Crippen molar-refractivity contribution in [2.24, 2.45) is 5.73 Å². The number of rotatable bonds is 4. The Bertz CT molecular complexity index is 561. The molecule has 0 bridgehead atoms. The molecule has 17 heavy (non-hydrogen) atoms. The molecule has 0 saturated heterocycles. The zero-order chi connectivity index (χ0) is 13.2. The third-order valence-corrected chi connectivity index (χ3v) is 3.84. The number of nitrogens with two attached hydrogens (primary N) is 2. The van der Waals surface area contributed by atoms with Gasteiger partial charge in [-0.15, -0.1) is 0 Å². The molecule has 0 aliphatic heterocycles. The SMILES string of the molecule is NC(=O)CNS(=O)(=O)c1cc(Br)c(F)cc1N. The summed E-state index contributed by atoms with van der Waals surface area (Å²) >= 11 is 2.84. The Hall–Kier alpha value is -1.19. The summed E-state index contributed by atoms with van der Waals surface area (Å²) in [4.78, 5) is 10.2. The molecule has 0 fully saturated rings. The highest BCUT2D eigenvalue weighted by Crippen LogP contribution is 2.25. The van der Waals surface area contributed by atoms with Crippen LogP contribution in [0.4, 0.5) is 10.1 Å². The molecule has 1 aromatic carbocycles. The molecule has 1 amide bonds. The molecule has 1 rings (SSSR count). The minimum Gasteiger partial charge on any atom is -0.398 e. The summed E-state index contributed by atoms with van der Waals surface area (Å²) in [6.07, 6.45) is 0. The second-order valence-corrected chi connectivity index (χ2v) is 5.68. The Morgan fingerprint density at radius 1 is 1.47 bits per heavy atom. The number of halogens is 2. The number of nitrogen functional groups attached to an aromatic ring is 1. The number of nitrogens with one attached hydrogen (secondary N) is 1. The van der Waals surface area contributed by atoms with Gasteiger partial charge >= 0.3 is 0 Å². The van der Waals surface area contributed by atoms with Crippen molar-refractivity contribution >= 4 is 37.5 Å². The van der Waals surface area contributed by atoms with Gasteiger partial charge in [0.1, 0.15) is 10.7 Å². The van der Waals surface area contributed by atoms with Gasteiger partial charge in [0.2, 0.25) is 15.9 Å². The van der Waals surface area contributed by atoms with Gasteiger partial charge in [0.15, 0.2) is 0 Å². The first-order chi connectivity index (χ1) is 7.74. The van der Waals surface area contributed by atoms with Gasteiger partial charge in [-0.3, -0.25) is 4.79 Å². The van der Waals surface area contributed by atoms with Gasteiger partial charge in [0.05, 0.1) is 16.7 Å². The number of benzene rings is 1. The molecular formula is C8H9BrFN3O3S. The predicted molar refractivity (Wildman–Crippen MR) is 62.9 cm³/mol. The van der Waals surface area contributed by atoms with Crippen LogP contribution in [0.15, 0.2) is 21.5 Å². The number of sulfonamides is 1. The summed E-state index contributed by atoms with van der Waals surface area (Å²) < 4.78 is 38.3. The minimum atomic E-state index is -4.00. The highest BCUT2D eigenvalue weighted by molar-refractivity contribution is 9.10. The lowest BCUT2D eigenvalue weighted by molar-refractivity contribution is -0.116. The van der Waals surface area contributed by atoms with Gasteiger partial charge in [-0.05, 0) is 28.1 Å². The first-order valence-corrected chi connectivity index (χ1v) is 6.54. The standard InChI is InChI=1S/C8H9BrFN3O3S/c9-4-1-7(6(11)2-5(4)10)17(15,16)13-3-8(12)14/h1-2,13H,3,11H2,(H2,12,14). The molecule has 0 saturated carbocycles. The van der Waals surface area contributed by atoms with Crippen LogP contribution >= 0.6 is 15.9 Å². The van der Waals surface area contributed by atoms with E-state index in [9.17, 15) is 17.6 Å². The fourth-order valence-corrected chi connectivity index (χ4v) is 2.65. The largest absolute Gasteiger partial charge is 0.398 e. The van der Waals surface area contributed by atoms with Crippen LogP contribution in [-0.4, -0.2) is 20.9 Å². The molecule has 0 radical (unpaired) electrons. The fourth-order valence-electron chi connectivity index (χ4n) is 1.02. The molecule has 1 aromatic rings. The first kappa shape index (κ1) is 13.9. The molecule has 0 aliphatic rings. The maximum Gasteiger partial charge on any atom is 0.243 e. The third kappa shape index (κ3) is 3.38. The van der Waals surface area contributed by atoms with Crippen LogP contribution in [-0.2, 0) is 14.8 Å². The summed E-state index contributed by atoms with van der Waals surface area (Å²) in [5.41, 5.74) is 9.93. The molecule has 6 nitrogen and oxygen atoms in total. The second kappa shape index (κ2) is 4.98. The normalized spacial score (nSPS) is 11.4. The molecule has 5 N–H and O–H groups in total. The van der Waals surface area contributed by atoms with E-state index in [4.69, 9.17) is 11.5 Å². The van der Waals surface area contributed by atoms with Crippen LogP contribution < -0.4 is 16.2 Å². The lowest BCUT2D eigenvalue weighted by Gasteiger charge is -2.08. The summed E-state index contributed by atoms with van der Waals surface area (Å²) in [6, 6.07) is 1.87. The first-order valence-electron chi connectivity index (χ1n) is 4.26. The van der Waals surface area contributed by atoms with E-state index in [1.165, 1.54) is 0 Å². The van der Waals surface area contributed by atoms with Crippen molar-refractivity contribution in [3.05, 3.63) is 22.4 Å². The second-order valence-electron chi connectivity index (χ2n) is 3.10. The topological polar surface area (TPSA) is 115 Å². The summed E-state index contributed by atoms with van der Waals surface area (Å²) in [6.45, 7) is -0.559. The van der Waals surface area contributed by atoms with Gasteiger partial charge < -0.3 is 11.5 Å². The molecule has 0 unspecified atom stereocenters. The Kier molecular flexibility index (Phi) is 4.07. The van der Waals surface area contributed by atoms with Gasteiger partial charge in [0, 0.05) is 0 Å². The molecule has 0 aliphatic carbocycles.